The maximum atomic E-state index is 6.36. The highest BCUT2D eigenvalue weighted by atomic mass is 16.3. The molecule has 11 rings (SSSR count). The van der Waals surface area contributed by atoms with E-state index >= 15 is 0 Å². The number of nitrogens with zero attached hydrogens (tertiary/aromatic N) is 1. The molecule has 0 bridgehead atoms. The Morgan fingerprint density at radius 1 is 0.375 bits per heavy atom. The fraction of sp³-hybridized carbons (Fsp3) is 0.0566. The van der Waals surface area contributed by atoms with Crippen LogP contribution in [0.5, 0.6) is 0 Å². The van der Waals surface area contributed by atoms with Crippen molar-refractivity contribution < 1.29 is 8.83 Å². The Labute approximate surface area is 326 Å². The van der Waals surface area contributed by atoms with Gasteiger partial charge in [0.25, 0.3) is 0 Å². The maximum Gasteiger partial charge on any atom is 0.135 e. The second-order valence-corrected chi connectivity index (χ2v) is 13.7. The van der Waals surface area contributed by atoms with Crippen molar-refractivity contribution in [3.05, 3.63) is 189 Å². The van der Waals surface area contributed by atoms with Crippen LogP contribution in [0.1, 0.15) is 20.8 Å². The molecule has 0 amide bonds. The van der Waals surface area contributed by atoms with E-state index in [9.17, 15) is 0 Å². The van der Waals surface area contributed by atoms with Gasteiger partial charge in [-0.05, 0) is 119 Å². The molecule has 8 aromatic carbocycles. The number of allylic oxidation sites excluding steroid dienone is 1. The molecule has 0 aliphatic rings. The highest BCUT2D eigenvalue weighted by Gasteiger charge is 2.15. The van der Waals surface area contributed by atoms with Gasteiger partial charge in [0, 0.05) is 38.0 Å². The number of rotatable bonds is 4. The zero-order chi connectivity index (χ0) is 38.2. The van der Waals surface area contributed by atoms with E-state index in [1.54, 1.807) is 6.08 Å². The lowest BCUT2D eigenvalue weighted by Crippen LogP contribution is -1.92. The Hall–Kier alpha value is -7.10. The molecule has 0 saturated heterocycles. The molecule has 0 saturated carbocycles. The molecule has 3 nitrogen and oxygen atoms in total. The van der Waals surface area contributed by atoms with Gasteiger partial charge in [-0.2, -0.15) is 0 Å². The van der Waals surface area contributed by atoms with E-state index in [1.165, 1.54) is 44.1 Å². The molecule has 0 spiro atoms. The van der Waals surface area contributed by atoms with Gasteiger partial charge in [0.15, 0.2) is 0 Å². The van der Waals surface area contributed by atoms with E-state index in [4.69, 9.17) is 8.83 Å². The molecule has 0 radical (unpaired) electrons. The van der Waals surface area contributed by atoms with Crippen LogP contribution in [0.25, 0.3) is 105 Å². The summed E-state index contributed by atoms with van der Waals surface area (Å²) in [6.07, 6.45) is 1.75. The fourth-order valence-corrected chi connectivity index (χ4v) is 7.93. The lowest BCUT2D eigenvalue weighted by Gasteiger charge is -2.08. The van der Waals surface area contributed by atoms with Crippen molar-refractivity contribution in [1.82, 2.24) is 4.57 Å². The van der Waals surface area contributed by atoms with Gasteiger partial charge in [-0.25, -0.2) is 0 Å². The van der Waals surface area contributed by atoms with Crippen molar-refractivity contribution >= 4 is 65.7 Å². The van der Waals surface area contributed by atoms with Crippen molar-refractivity contribution in [2.45, 2.75) is 20.8 Å². The first-order chi connectivity index (χ1) is 27.7. The van der Waals surface area contributed by atoms with Crippen LogP contribution in [0.2, 0.25) is 0 Å². The van der Waals surface area contributed by atoms with Crippen LogP contribution < -0.4 is 0 Å². The second kappa shape index (κ2) is 14.6. The van der Waals surface area contributed by atoms with Crippen molar-refractivity contribution in [2.75, 3.05) is 0 Å². The number of para-hydroxylation sites is 3. The molecule has 3 aromatic heterocycles. The van der Waals surface area contributed by atoms with Gasteiger partial charge in [0.1, 0.15) is 22.3 Å². The summed E-state index contributed by atoms with van der Waals surface area (Å²) < 4.78 is 14.8. The lowest BCUT2D eigenvalue weighted by molar-refractivity contribution is 0.668. The van der Waals surface area contributed by atoms with Gasteiger partial charge in [0.05, 0.1) is 11.0 Å². The summed E-state index contributed by atoms with van der Waals surface area (Å²) in [7, 11) is 0. The number of hydrogen-bond acceptors (Lipinski definition) is 2. The minimum absolute atomic E-state index is 0.890. The van der Waals surface area contributed by atoms with Gasteiger partial charge in [-0.15, -0.1) is 6.58 Å². The van der Waals surface area contributed by atoms with Crippen molar-refractivity contribution in [3.8, 4) is 39.1 Å². The number of benzene rings is 8. The Morgan fingerprint density at radius 3 is 1.38 bits per heavy atom. The molecule has 0 atom stereocenters. The Kier molecular flexibility index (Phi) is 9.05. The average Bonchev–Trinajstić information content (AvgIpc) is 3.93. The van der Waals surface area contributed by atoms with Crippen LogP contribution in [0.3, 0.4) is 0 Å². The van der Waals surface area contributed by atoms with Crippen LogP contribution in [0, 0.1) is 0 Å². The quantitative estimate of drug-likeness (QED) is 0.169. The number of fused-ring (bicyclic) bond motifs is 9. The lowest BCUT2D eigenvalue weighted by atomic mass is 9.96. The van der Waals surface area contributed by atoms with E-state index in [-0.39, 0.29) is 0 Å². The van der Waals surface area contributed by atoms with Gasteiger partial charge < -0.3 is 13.4 Å². The number of furan rings is 2. The standard InChI is InChI=1S/C48H29NO2.C3H6.C2H6/c1-2-11-36(12-3-1)49-43-15-6-4-13-37(43)39-26-32(17-21-44(39)49)35-20-24-48-42(29-35)41-28-34(19-23-47(41)51-48)31-10-8-9-30(25-31)33-18-22-46-40(27-33)38-14-5-7-16-45(38)50-46;1-3-2;1-2/h1-29H;3H,1H2,2H3;1-2H3. The first-order valence-corrected chi connectivity index (χ1v) is 19.3. The van der Waals surface area contributed by atoms with Crippen LogP contribution in [-0.2, 0) is 0 Å². The molecular formula is C53H41NO2. The van der Waals surface area contributed by atoms with Crippen molar-refractivity contribution in [3.63, 3.8) is 0 Å². The van der Waals surface area contributed by atoms with Crippen LogP contribution in [0.4, 0.5) is 0 Å². The molecule has 0 aliphatic heterocycles. The molecule has 270 valence electrons. The SMILES string of the molecule is C=CC.CC.c1ccc(-n2c3ccccc3c3cc(-c4ccc5oc6ccc(-c7cccc(-c8ccc9oc%10ccccc%10c9c8)c7)cc6c5c4)ccc32)cc1. The molecule has 11 aromatic rings. The molecule has 0 unspecified atom stereocenters. The highest BCUT2D eigenvalue weighted by Crippen LogP contribution is 2.39. The van der Waals surface area contributed by atoms with Gasteiger partial charge in [-0.3, -0.25) is 0 Å². The van der Waals surface area contributed by atoms with Crippen LogP contribution in [-0.4, -0.2) is 4.57 Å². The topological polar surface area (TPSA) is 31.2 Å². The van der Waals surface area contributed by atoms with Crippen molar-refractivity contribution in [1.29, 1.82) is 0 Å². The Morgan fingerprint density at radius 2 is 0.786 bits per heavy atom. The zero-order valence-electron chi connectivity index (χ0n) is 31.8. The average molecular weight is 724 g/mol. The van der Waals surface area contributed by atoms with E-state index in [0.717, 1.165) is 60.7 Å². The van der Waals surface area contributed by atoms with Crippen LogP contribution >= 0.6 is 0 Å². The summed E-state index contributed by atoms with van der Waals surface area (Å²) in [5, 5.41) is 6.99. The predicted octanol–water partition coefficient (Wildman–Crippen LogP) is 15.8. The minimum Gasteiger partial charge on any atom is -0.456 e. The molecule has 0 fully saturated rings. The van der Waals surface area contributed by atoms with Crippen LogP contribution in [0.15, 0.2) is 197 Å². The smallest absolute Gasteiger partial charge is 0.135 e. The van der Waals surface area contributed by atoms with E-state index in [2.05, 4.69) is 175 Å². The summed E-state index contributed by atoms with van der Waals surface area (Å²) in [4.78, 5) is 0. The molecule has 3 heterocycles. The summed E-state index contributed by atoms with van der Waals surface area (Å²) in [6.45, 7) is 9.25. The predicted molar refractivity (Wildman–Crippen MR) is 239 cm³/mol. The minimum atomic E-state index is 0.890. The number of hydrogen-bond donors (Lipinski definition) is 0. The summed E-state index contributed by atoms with van der Waals surface area (Å²) in [6, 6.07) is 62.7. The third-order valence-corrected chi connectivity index (χ3v) is 10.4. The van der Waals surface area contributed by atoms with Gasteiger partial charge in [-0.1, -0.05) is 117 Å². The first kappa shape index (κ1) is 34.7. The normalized spacial score (nSPS) is 11.2. The van der Waals surface area contributed by atoms with E-state index in [1.807, 2.05) is 32.9 Å². The van der Waals surface area contributed by atoms with Gasteiger partial charge in [0.2, 0.25) is 0 Å². The molecule has 56 heavy (non-hydrogen) atoms. The molecule has 0 N–H and O–H groups in total. The largest absolute Gasteiger partial charge is 0.456 e. The van der Waals surface area contributed by atoms with E-state index < -0.39 is 0 Å². The first-order valence-electron chi connectivity index (χ1n) is 19.3. The van der Waals surface area contributed by atoms with Crippen molar-refractivity contribution in [2.24, 2.45) is 0 Å². The summed E-state index contributed by atoms with van der Waals surface area (Å²) in [5.74, 6) is 0. The fourth-order valence-electron chi connectivity index (χ4n) is 7.93. The Bertz CT molecular complexity index is 3190. The maximum absolute atomic E-state index is 6.36. The third-order valence-electron chi connectivity index (χ3n) is 10.4. The molecule has 0 aliphatic carbocycles. The summed E-state index contributed by atoms with van der Waals surface area (Å²) >= 11 is 0. The highest BCUT2D eigenvalue weighted by molar-refractivity contribution is 6.12. The van der Waals surface area contributed by atoms with Gasteiger partial charge >= 0.3 is 0 Å². The van der Waals surface area contributed by atoms with E-state index in [0.29, 0.717) is 0 Å². The summed E-state index contributed by atoms with van der Waals surface area (Å²) in [5.41, 5.74) is 14.2. The Balaban J connectivity index is 0.000000784. The number of aromatic nitrogens is 1. The third kappa shape index (κ3) is 5.95. The molecular weight excluding hydrogens is 683 g/mol. The monoisotopic (exact) mass is 723 g/mol. The second-order valence-electron chi connectivity index (χ2n) is 13.7. The molecule has 3 heteroatoms. The zero-order valence-corrected chi connectivity index (χ0v) is 31.8.